The van der Waals surface area contributed by atoms with E-state index in [-0.39, 0.29) is 11.0 Å². The summed E-state index contributed by atoms with van der Waals surface area (Å²) in [5.41, 5.74) is 3.37. The van der Waals surface area contributed by atoms with E-state index in [1.807, 2.05) is 13.0 Å². The van der Waals surface area contributed by atoms with Crippen LogP contribution in [0.4, 0.5) is 0 Å². The van der Waals surface area contributed by atoms with Gasteiger partial charge in [-0.15, -0.1) is 11.8 Å². The minimum absolute atomic E-state index is 0.0266. The zero-order valence-corrected chi connectivity index (χ0v) is 15.3. The minimum atomic E-state index is 0.0266. The number of hydrogen-bond donors (Lipinski definition) is 1. The summed E-state index contributed by atoms with van der Waals surface area (Å²) in [4.78, 5) is 16.7. The molecule has 1 heterocycles. The van der Waals surface area contributed by atoms with Gasteiger partial charge in [0.15, 0.2) is 0 Å². The van der Waals surface area contributed by atoms with Crippen LogP contribution < -0.4 is 5.56 Å². The first-order valence-corrected chi connectivity index (χ1v) is 10.2. The molecule has 0 saturated heterocycles. The highest BCUT2D eigenvalue weighted by atomic mass is 32.2. The van der Waals surface area contributed by atoms with Crippen molar-refractivity contribution >= 4 is 11.8 Å². The van der Waals surface area contributed by atoms with E-state index in [2.05, 4.69) is 41.6 Å². The first-order valence-electron chi connectivity index (χ1n) is 9.00. The zero-order valence-electron chi connectivity index (χ0n) is 14.5. The summed E-state index contributed by atoms with van der Waals surface area (Å²) in [6.45, 7) is 1.88. The van der Waals surface area contributed by atoms with Gasteiger partial charge in [-0.3, -0.25) is 4.79 Å². The molecule has 1 aromatic carbocycles. The maximum absolute atomic E-state index is 12.2. The molecule has 2 nitrogen and oxygen atoms in total. The molecule has 0 bridgehead atoms. The summed E-state index contributed by atoms with van der Waals surface area (Å²) < 4.78 is 0. The predicted molar refractivity (Wildman–Crippen MR) is 101 cm³/mol. The van der Waals surface area contributed by atoms with Crippen molar-refractivity contribution in [2.24, 2.45) is 11.8 Å². The van der Waals surface area contributed by atoms with Gasteiger partial charge in [0.2, 0.25) is 0 Å². The van der Waals surface area contributed by atoms with Crippen LogP contribution in [-0.2, 0) is 5.41 Å². The largest absolute Gasteiger partial charge is 0.325 e. The van der Waals surface area contributed by atoms with Crippen molar-refractivity contribution in [3.8, 4) is 0 Å². The molecule has 0 amide bonds. The highest BCUT2D eigenvalue weighted by Crippen LogP contribution is 2.63. The van der Waals surface area contributed by atoms with E-state index < -0.39 is 0 Å². The van der Waals surface area contributed by atoms with E-state index in [1.165, 1.54) is 42.6 Å². The Kier molecular flexibility index (Phi) is 4.07. The van der Waals surface area contributed by atoms with Crippen LogP contribution in [0.1, 0.15) is 48.9 Å². The van der Waals surface area contributed by atoms with Gasteiger partial charge >= 0.3 is 0 Å². The van der Waals surface area contributed by atoms with Crippen LogP contribution in [0.2, 0.25) is 0 Å². The van der Waals surface area contributed by atoms with Gasteiger partial charge < -0.3 is 4.98 Å². The van der Waals surface area contributed by atoms with Crippen molar-refractivity contribution in [2.75, 3.05) is 6.26 Å². The van der Waals surface area contributed by atoms with Crippen LogP contribution in [0, 0.1) is 18.8 Å². The smallest absolute Gasteiger partial charge is 0.251 e. The van der Waals surface area contributed by atoms with Crippen LogP contribution in [0.5, 0.6) is 0 Å². The third kappa shape index (κ3) is 2.54. The Morgan fingerprint density at radius 2 is 1.79 bits per heavy atom. The Labute approximate surface area is 148 Å². The highest BCUT2D eigenvalue weighted by Gasteiger charge is 2.60. The zero-order chi connectivity index (χ0) is 16.7. The topological polar surface area (TPSA) is 32.9 Å². The van der Waals surface area contributed by atoms with Crippen molar-refractivity contribution in [3.63, 3.8) is 0 Å². The molecule has 24 heavy (non-hydrogen) atoms. The molecular weight excluding hydrogens is 314 g/mol. The number of H-pyrrole nitrogens is 1. The van der Waals surface area contributed by atoms with Gasteiger partial charge in [0.1, 0.15) is 0 Å². The van der Waals surface area contributed by atoms with E-state index in [1.54, 1.807) is 11.8 Å². The van der Waals surface area contributed by atoms with Gasteiger partial charge in [-0.2, -0.15) is 0 Å². The van der Waals surface area contributed by atoms with E-state index >= 15 is 0 Å². The van der Waals surface area contributed by atoms with Gasteiger partial charge in [-0.1, -0.05) is 43.9 Å². The van der Waals surface area contributed by atoms with Crippen LogP contribution in [0.15, 0.2) is 46.1 Å². The molecule has 2 aliphatic rings. The minimum Gasteiger partial charge on any atom is -0.325 e. The van der Waals surface area contributed by atoms with Crippen molar-refractivity contribution in [1.82, 2.24) is 4.98 Å². The van der Waals surface area contributed by atoms with Gasteiger partial charge in [0.25, 0.3) is 5.56 Å². The van der Waals surface area contributed by atoms with Crippen LogP contribution in [-0.4, -0.2) is 11.2 Å². The monoisotopic (exact) mass is 339 g/mol. The van der Waals surface area contributed by atoms with Crippen molar-refractivity contribution < 1.29 is 0 Å². The highest BCUT2D eigenvalue weighted by molar-refractivity contribution is 7.98. The van der Waals surface area contributed by atoms with Gasteiger partial charge in [0, 0.05) is 21.6 Å². The van der Waals surface area contributed by atoms with Crippen LogP contribution in [0.25, 0.3) is 0 Å². The quantitative estimate of drug-likeness (QED) is 0.804. The third-order valence-electron chi connectivity index (χ3n) is 6.18. The molecule has 1 aromatic heterocycles. The fourth-order valence-corrected chi connectivity index (χ4v) is 5.12. The molecule has 0 spiro atoms. The van der Waals surface area contributed by atoms with E-state index in [0.29, 0.717) is 5.92 Å². The van der Waals surface area contributed by atoms with Crippen LogP contribution >= 0.6 is 11.8 Å². The number of aromatic nitrogens is 1. The standard InChI is InChI=1S/C21H25NOS/c1-14-7-12-19(22-20(14)23)21(13-18(21)15-5-3-4-6-15)16-8-10-17(24-2)11-9-16/h7-12,15,18H,3-6,13H2,1-2H3,(H,22,23)/t18-,21+/m1/s1. The second-order valence-electron chi connectivity index (χ2n) is 7.44. The predicted octanol–water partition coefficient (Wildman–Crippen LogP) is 4.90. The first kappa shape index (κ1) is 16.0. The number of aromatic amines is 1. The molecule has 4 rings (SSSR count). The van der Waals surface area contributed by atoms with E-state index in [0.717, 1.165) is 17.2 Å². The molecule has 1 N–H and O–H groups in total. The number of aryl methyl sites for hydroxylation is 1. The summed E-state index contributed by atoms with van der Waals surface area (Å²) in [6.07, 6.45) is 8.73. The normalized spacial score (nSPS) is 26.7. The number of rotatable bonds is 4. The Morgan fingerprint density at radius 3 is 2.42 bits per heavy atom. The Morgan fingerprint density at radius 1 is 1.08 bits per heavy atom. The lowest BCUT2D eigenvalue weighted by Crippen LogP contribution is -2.22. The molecule has 2 saturated carbocycles. The molecule has 2 aromatic rings. The summed E-state index contributed by atoms with van der Waals surface area (Å²) in [5.74, 6) is 1.49. The number of hydrogen-bond acceptors (Lipinski definition) is 2. The molecule has 2 aliphatic carbocycles. The molecular formula is C21H25NOS. The fraction of sp³-hybridized carbons (Fsp3) is 0.476. The molecule has 0 radical (unpaired) electrons. The summed E-state index contributed by atoms with van der Waals surface area (Å²) in [5, 5.41) is 0. The molecule has 2 fully saturated rings. The maximum atomic E-state index is 12.2. The Hall–Kier alpha value is -1.48. The average molecular weight is 340 g/mol. The summed E-state index contributed by atoms with van der Waals surface area (Å²) in [7, 11) is 0. The lowest BCUT2D eigenvalue weighted by molar-refractivity contribution is 0.442. The first-order chi connectivity index (χ1) is 11.6. The van der Waals surface area contributed by atoms with Gasteiger partial charge in [0.05, 0.1) is 0 Å². The number of pyridine rings is 1. The second kappa shape index (κ2) is 6.11. The molecule has 0 aliphatic heterocycles. The lowest BCUT2D eigenvalue weighted by Gasteiger charge is -2.22. The third-order valence-corrected chi connectivity index (χ3v) is 6.92. The van der Waals surface area contributed by atoms with Gasteiger partial charge in [-0.05, 0) is 55.2 Å². The van der Waals surface area contributed by atoms with Crippen molar-refractivity contribution in [2.45, 2.75) is 49.3 Å². The second-order valence-corrected chi connectivity index (χ2v) is 8.32. The summed E-state index contributed by atoms with van der Waals surface area (Å²) >= 11 is 1.78. The van der Waals surface area contributed by atoms with Crippen molar-refractivity contribution in [3.05, 3.63) is 63.6 Å². The van der Waals surface area contributed by atoms with Gasteiger partial charge in [-0.25, -0.2) is 0 Å². The summed E-state index contributed by atoms with van der Waals surface area (Å²) in [6, 6.07) is 13.1. The number of benzene rings is 1. The number of nitrogens with one attached hydrogen (secondary N) is 1. The average Bonchev–Trinajstić information content (AvgIpc) is 3.13. The molecule has 0 unspecified atom stereocenters. The van der Waals surface area contributed by atoms with Crippen LogP contribution in [0.3, 0.4) is 0 Å². The maximum Gasteiger partial charge on any atom is 0.251 e. The van der Waals surface area contributed by atoms with Crippen molar-refractivity contribution in [1.29, 1.82) is 0 Å². The molecule has 126 valence electrons. The van der Waals surface area contributed by atoms with E-state index in [9.17, 15) is 4.79 Å². The fourth-order valence-electron chi connectivity index (χ4n) is 4.71. The Balaban J connectivity index is 1.77. The lowest BCUT2D eigenvalue weighted by atomic mass is 9.84. The number of thioether (sulfide) groups is 1. The molecule has 3 heteroatoms. The molecule has 2 atom stereocenters. The van der Waals surface area contributed by atoms with E-state index in [4.69, 9.17) is 0 Å². The SMILES string of the molecule is CSc1ccc([C@@]2(c3ccc(C)c(=O)[nH]3)C[C@@H]2C2CCCC2)cc1. The Bertz CT molecular complexity index is 788.